The summed E-state index contributed by atoms with van der Waals surface area (Å²) in [5.41, 5.74) is 3.17. The molecule has 0 spiro atoms. The topological polar surface area (TPSA) is 35.8 Å². The molecule has 0 saturated carbocycles. The van der Waals surface area contributed by atoms with Crippen LogP contribution in [-0.2, 0) is 0 Å². The molecule has 1 aliphatic heterocycles. The molecule has 0 saturated heterocycles. The highest BCUT2D eigenvalue weighted by molar-refractivity contribution is 7.80. The molecule has 0 aromatic heterocycles. The molecule has 0 radical (unpaired) electrons. The Kier molecular flexibility index (Phi) is 3.81. The fourth-order valence-corrected chi connectivity index (χ4v) is 2.89. The van der Waals surface area contributed by atoms with Crippen molar-refractivity contribution in [3.63, 3.8) is 0 Å². The number of hydrogen-bond donors (Lipinski definition) is 1. The summed E-state index contributed by atoms with van der Waals surface area (Å²) in [6, 6.07) is 22.4. The number of benzene rings is 2. The normalized spacial score (nSPS) is 21.1. The first-order valence-corrected chi connectivity index (χ1v) is 7.23. The third-order valence-electron chi connectivity index (χ3n) is 3.65. The highest BCUT2D eigenvalue weighted by atomic mass is 32.1. The lowest BCUT2D eigenvalue weighted by Gasteiger charge is -2.28. The number of rotatable bonds is 2. The van der Waals surface area contributed by atoms with Gasteiger partial charge in [0.1, 0.15) is 5.92 Å². The molecule has 3 rings (SSSR count). The van der Waals surface area contributed by atoms with Gasteiger partial charge in [-0.3, -0.25) is 0 Å². The summed E-state index contributed by atoms with van der Waals surface area (Å²) in [5, 5.41) is 12.6. The van der Waals surface area contributed by atoms with E-state index in [-0.39, 0.29) is 11.8 Å². The molecule has 1 aliphatic rings. The molecular formula is C18H14N2S. The Hall–Kier alpha value is -2.44. The zero-order valence-electron chi connectivity index (χ0n) is 11.4. The van der Waals surface area contributed by atoms with E-state index in [1.165, 1.54) is 0 Å². The molecule has 2 unspecified atom stereocenters. The zero-order valence-corrected chi connectivity index (χ0v) is 12.2. The van der Waals surface area contributed by atoms with Gasteiger partial charge in [0.2, 0.25) is 0 Å². The number of nitrogens with one attached hydrogen (secondary N) is 1. The lowest BCUT2D eigenvalue weighted by molar-refractivity contribution is 0.733. The highest BCUT2D eigenvalue weighted by Gasteiger charge is 2.30. The van der Waals surface area contributed by atoms with Gasteiger partial charge in [0, 0.05) is 11.6 Å². The van der Waals surface area contributed by atoms with Crippen LogP contribution in [0.2, 0.25) is 0 Å². The zero-order chi connectivity index (χ0) is 14.7. The van der Waals surface area contributed by atoms with Crippen molar-refractivity contribution in [1.82, 2.24) is 5.32 Å². The van der Waals surface area contributed by atoms with Crippen molar-refractivity contribution in [2.24, 2.45) is 5.92 Å². The first-order valence-electron chi connectivity index (χ1n) is 6.82. The predicted molar refractivity (Wildman–Crippen MR) is 88.4 cm³/mol. The lowest BCUT2D eigenvalue weighted by Crippen LogP contribution is -2.35. The third-order valence-corrected chi connectivity index (χ3v) is 4.01. The van der Waals surface area contributed by atoms with Crippen LogP contribution in [0.15, 0.2) is 66.7 Å². The number of nitriles is 1. The van der Waals surface area contributed by atoms with E-state index in [0.717, 1.165) is 16.8 Å². The summed E-state index contributed by atoms with van der Waals surface area (Å²) < 4.78 is 0. The van der Waals surface area contributed by atoms with E-state index in [1.54, 1.807) is 0 Å². The Bertz CT molecular complexity index is 714. The van der Waals surface area contributed by atoms with Crippen molar-refractivity contribution < 1.29 is 0 Å². The summed E-state index contributed by atoms with van der Waals surface area (Å²) in [6.45, 7) is 0. The van der Waals surface area contributed by atoms with E-state index in [4.69, 9.17) is 12.2 Å². The summed E-state index contributed by atoms with van der Waals surface area (Å²) in [4.78, 5) is 0.590. The van der Waals surface area contributed by atoms with Crippen LogP contribution in [0.3, 0.4) is 0 Å². The largest absolute Gasteiger partial charge is 0.349 e. The van der Waals surface area contributed by atoms with Gasteiger partial charge in [0.25, 0.3) is 0 Å². The predicted octanol–water partition coefficient (Wildman–Crippen LogP) is 3.88. The Labute approximate surface area is 129 Å². The van der Waals surface area contributed by atoms with Gasteiger partial charge >= 0.3 is 0 Å². The molecule has 2 aromatic carbocycles. The second-order valence-electron chi connectivity index (χ2n) is 4.98. The van der Waals surface area contributed by atoms with E-state index < -0.39 is 0 Å². The van der Waals surface area contributed by atoms with Crippen LogP contribution in [0, 0.1) is 17.2 Å². The van der Waals surface area contributed by atoms with Gasteiger partial charge in [-0.05, 0) is 11.1 Å². The van der Waals surface area contributed by atoms with Gasteiger partial charge in [0.05, 0.1) is 11.1 Å². The van der Waals surface area contributed by atoms with Crippen LogP contribution >= 0.6 is 12.2 Å². The van der Waals surface area contributed by atoms with E-state index in [0.29, 0.717) is 4.99 Å². The monoisotopic (exact) mass is 290 g/mol. The summed E-state index contributed by atoms with van der Waals surface area (Å²) in [7, 11) is 0. The van der Waals surface area contributed by atoms with Crippen molar-refractivity contribution in [2.45, 2.75) is 5.92 Å². The van der Waals surface area contributed by atoms with Crippen molar-refractivity contribution in [3.8, 4) is 6.07 Å². The Morgan fingerprint density at radius 2 is 1.57 bits per heavy atom. The van der Waals surface area contributed by atoms with E-state index in [2.05, 4.69) is 17.5 Å². The van der Waals surface area contributed by atoms with Crippen LogP contribution in [-0.4, -0.2) is 4.99 Å². The van der Waals surface area contributed by atoms with Gasteiger partial charge in [-0.25, -0.2) is 0 Å². The molecule has 21 heavy (non-hydrogen) atoms. The van der Waals surface area contributed by atoms with Crippen LogP contribution in [0.4, 0.5) is 0 Å². The van der Waals surface area contributed by atoms with Crippen molar-refractivity contribution >= 4 is 22.9 Å². The molecule has 0 amide bonds. The first-order chi connectivity index (χ1) is 10.3. The van der Waals surface area contributed by atoms with E-state index in [9.17, 15) is 5.26 Å². The summed E-state index contributed by atoms with van der Waals surface area (Å²) in [5.74, 6) is -0.338. The van der Waals surface area contributed by atoms with Crippen LogP contribution in [0.5, 0.6) is 0 Å². The standard InChI is InChI=1S/C18H14N2S/c19-12-16-15(13-7-3-1-4-8-13)11-17(20-18(16)21)14-9-5-2-6-10-14/h1-11,15-16H,(H,20,21). The van der Waals surface area contributed by atoms with Gasteiger partial charge < -0.3 is 5.32 Å². The van der Waals surface area contributed by atoms with Crippen molar-refractivity contribution in [3.05, 3.63) is 77.9 Å². The smallest absolute Gasteiger partial charge is 0.107 e. The summed E-state index contributed by atoms with van der Waals surface area (Å²) in [6.07, 6.45) is 2.11. The molecule has 0 bridgehead atoms. The van der Waals surface area contributed by atoms with Gasteiger partial charge in [-0.2, -0.15) is 5.26 Å². The molecule has 0 aliphatic carbocycles. The maximum Gasteiger partial charge on any atom is 0.107 e. The SMILES string of the molecule is N#CC1C(=S)NC(c2ccccc2)=CC1c1ccccc1. The minimum Gasteiger partial charge on any atom is -0.349 e. The molecule has 2 nitrogen and oxygen atoms in total. The molecule has 102 valence electrons. The number of nitrogens with zero attached hydrogens (tertiary/aromatic N) is 1. The van der Waals surface area contributed by atoms with Gasteiger partial charge in [-0.1, -0.05) is 79.0 Å². The number of thiocarbonyl (C=S) groups is 1. The molecule has 2 atom stereocenters. The Balaban J connectivity index is 2.06. The fraction of sp³-hybridized carbons (Fsp3) is 0.111. The van der Waals surface area contributed by atoms with Crippen LogP contribution in [0.25, 0.3) is 5.70 Å². The average Bonchev–Trinajstić information content (AvgIpc) is 2.55. The fourth-order valence-electron chi connectivity index (χ4n) is 2.58. The van der Waals surface area contributed by atoms with Crippen molar-refractivity contribution in [2.75, 3.05) is 0 Å². The quantitative estimate of drug-likeness (QED) is 0.853. The second-order valence-corrected chi connectivity index (χ2v) is 5.42. The molecular weight excluding hydrogens is 276 g/mol. The summed E-state index contributed by atoms with van der Waals surface area (Å²) >= 11 is 5.41. The highest BCUT2D eigenvalue weighted by Crippen LogP contribution is 2.33. The maximum atomic E-state index is 9.44. The molecule has 2 aromatic rings. The van der Waals surface area contributed by atoms with Crippen molar-refractivity contribution in [1.29, 1.82) is 5.26 Å². The molecule has 1 N–H and O–H groups in total. The van der Waals surface area contributed by atoms with Gasteiger partial charge in [-0.15, -0.1) is 0 Å². The van der Waals surface area contributed by atoms with Crippen LogP contribution < -0.4 is 5.32 Å². The average molecular weight is 290 g/mol. The number of hydrogen-bond acceptors (Lipinski definition) is 2. The molecule has 1 heterocycles. The number of allylic oxidation sites excluding steroid dienone is 1. The first kappa shape index (κ1) is 13.5. The lowest BCUT2D eigenvalue weighted by atomic mass is 9.83. The third kappa shape index (κ3) is 2.72. The maximum absolute atomic E-state index is 9.44. The molecule has 3 heteroatoms. The second kappa shape index (κ2) is 5.90. The minimum absolute atomic E-state index is 0.0137. The van der Waals surface area contributed by atoms with Gasteiger partial charge in [0.15, 0.2) is 0 Å². The Morgan fingerprint density at radius 1 is 0.952 bits per heavy atom. The van der Waals surface area contributed by atoms with E-state index in [1.807, 2.05) is 60.7 Å². The van der Waals surface area contributed by atoms with E-state index >= 15 is 0 Å². The minimum atomic E-state index is -0.324. The van der Waals surface area contributed by atoms with Crippen LogP contribution in [0.1, 0.15) is 17.0 Å². The molecule has 0 fully saturated rings. The Morgan fingerprint density at radius 3 is 2.19 bits per heavy atom.